The number of hydrogen-bond donors (Lipinski definition) is 1. The van der Waals surface area contributed by atoms with Crippen LogP contribution in [-0.4, -0.2) is 11.7 Å². The molecule has 0 unspecified atom stereocenters. The maximum absolute atomic E-state index is 8.72. The summed E-state index contributed by atoms with van der Waals surface area (Å²) in [7, 11) is 0. The van der Waals surface area contributed by atoms with Crippen molar-refractivity contribution in [3.63, 3.8) is 0 Å². The molecule has 0 radical (unpaired) electrons. The van der Waals surface area contributed by atoms with Gasteiger partial charge in [-0.05, 0) is 29.6 Å². The van der Waals surface area contributed by atoms with Crippen LogP contribution < -0.4 is 0 Å². The van der Waals surface area contributed by atoms with Gasteiger partial charge in [0.1, 0.15) is 6.61 Å². The molecule has 1 aromatic heterocycles. The van der Waals surface area contributed by atoms with Crippen molar-refractivity contribution in [3.05, 3.63) is 50.1 Å². The first-order valence-corrected chi connectivity index (χ1v) is 8.07. The molecule has 19 heavy (non-hydrogen) atoms. The highest BCUT2D eigenvalue weighted by Crippen LogP contribution is 2.33. The molecular formula is C14H10Cl2OS2. The van der Waals surface area contributed by atoms with Gasteiger partial charge in [-0.1, -0.05) is 35.0 Å². The Labute approximate surface area is 130 Å². The fourth-order valence-electron chi connectivity index (χ4n) is 1.43. The summed E-state index contributed by atoms with van der Waals surface area (Å²) in [5.74, 6) is 6.39. The molecule has 0 saturated heterocycles. The summed E-state index contributed by atoms with van der Waals surface area (Å²) in [6.45, 7) is -0.122. The van der Waals surface area contributed by atoms with Gasteiger partial charge in [-0.3, -0.25) is 0 Å². The number of hydrogen-bond acceptors (Lipinski definition) is 3. The number of rotatable bonds is 3. The zero-order valence-corrected chi connectivity index (χ0v) is 13.0. The van der Waals surface area contributed by atoms with Gasteiger partial charge in [0.15, 0.2) is 0 Å². The third-order valence-corrected chi connectivity index (χ3v) is 5.16. The van der Waals surface area contributed by atoms with Crippen LogP contribution in [0.15, 0.2) is 34.5 Å². The Kier molecular flexibility index (Phi) is 5.62. The molecule has 0 atom stereocenters. The molecule has 0 fully saturated rings. The molecule has 5 heteroatoms. The van der Waals surface area contributed by atoms with E-state index >= 15 is 0 Å². The second-order valence-electron chi connectivity index (χ2n) is 3.58. The second-order valence-corrected chi connectivity index (χ2v) is 6.44. The lowest BCUT2D eigenvalue weighted by atomic mass is 10.3. The van der Waals surface area contributed by atoms with Gasteiger partial charge in [-0.2, -0.15) is 0 Å². The van der Waals surface area contributed by atoms with Crippen molar-refractivity contribution in [2.24, 2.45) is 0 Å². The standard InChI is InChI=1S/C14H10Cl2OS2/c15-11-3-4-12(16)13(8-11)19-9-14-10(2-1-6-17)5-7-18-14/h3-5,7-8,17H,6,9H2. The third-order valence-electron chi connectivity index (χ3n) is 2.30. The molecule has 0 aliphatic carbocycles. The average molecular weight is 329 g/mol. The highest BCUT2D eigenvalue weighted by atomic mass is 35.5. The molecule has 2 rings (SSSR count). The number of thiophene rings is 1. The number of halogens is 2. The highest BCUT2D eigenvalue weighted by Gasteiger charge is 2.06. The number of aliphatic hydroxyl groups excluding tert-OH is 1. The van der Waals surface area contributed by atoms with Crippen molar-refractivity contribution in [3.8, 4) is 11.8 Å². The Bertz CT molecular complexity index is 626. The fourth-order valence-corrected chi connectivity index (χ4v) is 3.87. The van der Waals surface area contributed by atoms with Gasteiger partial charge in [-0.15, -0.1) is 23.1 Å². The summed E-state index contributed by atoms with van der Waals surface area (Å²) in [4.78, 5) is 2.13. The summed E-state index contributed by atoms with van der Waals surface area (Å²) in [5.41, 5.74) is 0.963. The topological polar surface area (TPSA) is 20.2 Å². The van der Waals surface area contributed by atoms with Crippen molar-refractivity contribution in [1.82, 2.24) is 0 Å². The minimum absolute atomic E-state index is 0.122. The molecular weight excluding hydrogens is 319 g/mol. The molecule has 2 aromatic rings. The quantitative estimate of drug-likeness (QED) is 0.651. The van der Waals surface area contributed by atoms with Crippen molar-refractivity contribution in [1.29, 1.82) is 0 Å². The van der Waals surface area contributed by atoms with Crippen LogP contribution in [-0.2, 0) is 5.75 Å². The minimum atomic E-state index is -0.122. The van der Waals surface area contributed by atoms with Gasteiger partial charge in [0.2, 0.25) is 0 Å². The first kappa shape index (κ1) is 14.8. The van der Waals surface area contributed by atoms with Crippen LogP contribution in [0, 0.1) is 11.8 Å². The van der Waals surface area contributed by atoms with Gasteiger partial charge in [-0.25, -0.2) is 0 Å². The molecule has 1 nitrogen and oxygen atoms in total. The van der Waals surface area contributed by atoms with Crippen LogP contribution >= 0.6 is 46.3 Å². The van der Waals surface area contributed by atoms with Crippen LogP contribution in [0.1, 0.15) is 10.4 Å². The lowest BCUT2D eigenvalue weighted by Gasteiger charge is -2.04. The Morgan fingerprint density at radius 1 is 1.26 bits per heavy atom. The largest absolute Gasteiger partial charge is 0.384 e. The SMILES string of the molecule is OCC#Cc1ccsc1CSc1cc(Cl)ccc1Cl. The molecule has 0 aliphatic rings. The van der Waals surface area contributed by atoms with E-state index in [1.54, 1.807) is 35.2 Å². The minimum Gasteiger partial charge on any atom is -0.384 e. The Morgan fingerprint density at radius 3 is 2.89 bits per heavy atom. The van der Waals surface area contributed by atoms with Crippen LogP contribution in [0.2, 0.25) is 10.0 Å². The molecule has 0 aliphatic heterocycles. The molecule has 98 valence electrons. The smallest absolute Gasteiger partial charge is 0.104 e. The molecule has 0 saturated carbocycles. The lowest BCUT2D eigenvalue weighted by Crippen LogP contribution is -1.82. The first-order valence-electron chi connectivity index (χ1n) is 5.44. The van der Waals surface area contributed by atoms with Gasteiger partial charge in [0.05, 0.1) is 5.02 Å². The van der Waals surface area contributed by atoms with Crippen LogP contribution in [0.4, 0.5) is 0 Å². The Hall–Kier alpha value is -0.630. The maximum Gasteiger partial charge on any atom is 0.104 e. The van der Waals surface area contributed by atoms with Gasteiger partial charge in [0, 0.05) is 26.1 Å². The Morgan fingerprint density at radius 2 is 2.11 bits per heavy atom. The van der Waals surface area contributed by atoms with E-state index in [2.05, 4.69) is 11.8 Å². The maximum atomic E-state index is 8.72. The Balaban J connectivity index is 2.10. The van der Waals surface area contributed by atoms with Crippen LogP contribution in [0.3, 0.4) is 0 Å². The predicted molar refractivity (Wildman–Crippen MR) is 84.3 cm³/mol. The first-order chi connectivity index (χ1) is 9.20. The van der Waals surface area contributed by atoms with Crippen molar-refractivity contribution >= 4 is 46.3 Å². The van der Waals surface area contributed by atoms with Gasteiger partial charge >= 0.3 is 0 Å². The summed E-state index contributed by atoms with van der Waals surface area (Å²) in [5, 5.41) is 12.1. The highest BCUT2D eigenvalue weighted by molar-refractivity contribution is 7.98. The summed E-state index contributed by atoms with van der Waals surface area (Å²) < 4.78 is 0. The van der Waals surface area contributed by atoms with Crippen LogP contribution in [0.25, 0.3) is 0 Å². The number of benzene rings is 1. The van der Waals surface area contributed by atoms with Crippen LogP contribution in [0.5, 0.6) is 0 Å². The summed E-state index contributed by atoms with van der Waals surface area (Å²) in [6.07, 6.45) is 0. The monoisotopic (exact) mass is 328 g/mol. The predicted octanol–water partition coefficient (Wildman–Crippen LogP) is 4.69. The van der Waals surface area contributed by atoms with E-state index in [1.165, 1.54) is 4.88 Å². The fraction of sp³-hybridized carbons (Fsp3) is 0.143. The molecule has 1 heterocycles. The molecule has 1 N–H and O–H groups in total. The molecule has 0 spiro atoms. The van der Waals surface area contributed by atoms with E-state index in [1.807, 2.05) is 17.5 Å². The summed E-state index contributed by atoms with van der Waals surface area (Å²) in [6, 6.07) is 7.40. The van der Waals surface area contributed by atoms with Gasteiger partial charge < -0.3 is 5.11 Å². The van der Waals surface area contributed by atoms with E-state index in [0.29, 0.717) is 10.0 Å². The second kappa shape index (κ2) is 7.23. The number of aliphatic hydroxyl groups is 1. The van der Waals surface area contributed by atoms with E-state index < -0.39 is 0 Å². The van der Waals surface area contributed by atoms with Crippen molar-refractivity contribution in [2.75, 3.05) is 6.61 Å². The number of thioether (sulfide) groups is 1. The molecule has 0 amide bonds. The average Bonchev–Trinajstić information content (AvgIpc) is 2.85. The van der Waals surface area contributed by atoms with Crippen molar-refractivity contribution < 1.29 is 5.11 Å². The van der Waals surface area contributed by atoms with E-state index in [4.69, 9.17) is 28.3 Å². The molecule has 1 aromatic carbocycles. The molecule has 0 bridgehead atoms. The van der Waals surface area contributed by atoms with E-state index in [0.717, 1.165) is 16.2 Å². The lowest BCUT2D eigenvalue weighted by molar-refractivity contribution is 0.350. The van der Waals surface area contributed by atoms with Gasteiger partial charge in [0.25, 0.3) is 0 Å². The zero-order chi connectivity index (χ0) is 13.7. The van der Waals surface area contributed by atoms with Crippen molar-refractivity contribution in [2.45, 2.75) is 10.6 Å². The normalized spacial score (nSPS) is 10.1. The zero-order valence-electron chi connectivity index (χ0n) is 9.82. The van der Waals surface area contributed by atoms with E-state index in [-0.39, 0.29) is 6.61 Å². The third kappa shape index (κ3) is 4.17. The van der Waals surface area contributed by atoms with E-state index in [9.17, 15) is 0 Å². The summed E-state index contributed by atoms with van der Waals surface area (Å²) >= 11 is 15.4.